The molecule has 25 heavy (non-hydrogen) atoms. The van der Waals surface area contributed by atoms with Gasteiger partial charge in [-0.25, -0.2) is 0 Å². The van der Waals surface area contributed by atoms with Crippen molar-refractivity contribution in [1.29, 1.82) is 0 Å². The van der Waals surface area contributed by atoms with Crippen LogP contribution in [0.25, 0.3) is 11.4 Å². The Kier molecular flexibility index (Phi) is 5.06. The molecule has 1 aliphatic heterocycles. The second kappa shape index (κ2) is 7.09. The lowest BCUT2D eigenvalue weighted by Gasteiger charge is -2.21. The third kappa shape index (κ3) is 3.26. The number of amides is 1. The molecule has 4 rings (SSSR count). The molecule has 2 fully saturated rings. The zero-order chi connectivity index (χ0) is 16.7. The molecule has 2 N–H and O–H groups in total. The van der Waals surface area contributed by atoms with Crippen LogP contribution in [0.4, 0.5) is 0 Å². The van der Waals surface area contributed by atoms with Crippen molar-refractivity contribution in [2.45, 2.75) is 31.8 Å². The normalized spacial score (nSPS) is 26.2. The van der Waals surface area contributed by atoms with Crippen molar-refractivity contribution in [2.75, 3.05) is 13.1 Å². The van der Waals surface area contributed by atoms with Crippen LogP contribution in [-0.4, -0.2) is 50.1 Å². The standard InChI is InChI=1S/C17H22N6O.ClH/c1-11(17(24)22-9-13-7-8-15(18)14(13)10-22)23-20-16(19-21-23)12-5-3-2-4-6-12;/h2-6,11,13-15H,7-10,18H2,1H3;1H. The van der Waals surface area contributed by atoms with Crippen LogP contribution >= 0.6 is 12.4 Å². The monoisotopic (exact) mass is 362 g/mol. The molecule has 1 aliphatic carbocycles. The van der Waals surface area contributed by atoms with E-state index in [1.54, 1.807) is 0 Å². The zero-order valence-corrected chi connectivity index (χ0v) is 15.0. The average molecular weight is 363 g/mol. The number of carbonyl (C=O) groups excluding carboxylic acids is 1. The predicted octanol–water partition coefficient (Wildman–Crippen LogP) is 1.52. The number of hydrogen-bond donors (Lipinski definition) is 1. The predicted molar refractivity (Wildman–Crippen MR) is 96.0 cm³/mol. The number of hydrogen-bond acceptors (Lipinski definition) is 5. The Morgan fingerprint density at radius 2 is 2.00 bits per heavy atom. The minimum absolute atomic E-state index is 0. The fourth-order valence-corrected chi connectivity index (χ4v) is 3.94. The Balaban J connectivity index is 0.00000182. The summed E-state index contributed by atoms with van der Waals surface area (Å²) in [7, 11) is 0. The van der Waals surface area contributed by atoms with Gasteiger partial charge in [0.15, 0.2) is 0 Å². The molecule has 2 aliphatic rings. The summed E-state index contributed by atoms with van der Waals surface area (Å²) in [5.74, 6) is 1.59. The van der Waals surface area contributed by atoms with Gasteiger partial charge in [-0.1, -0.05) is 30.3 Å². The van der Waals surface area contributed by atoms with Crippen LogP contribution in [0.1, 0.15) is 25.8 Å². The molecule has 0 radical (unpaired) electrons. The van der Waals surface area contributed by atoms with E-state index in [4.69, 9.17) is 5.73 Å². The van der Waals surface area contributed by atoms with Crippen LogP contribution < -0.4 is 5.73 Å². The van der Waals surface area contributed by atoms with Gasteiger partial charge >= 0.3 is 0 Å². The molecule has 0 bridgehead atoms. The Bertz CT molecular complexity index is 736. The number of halogens is 1. The maximum atomic E-state index is 12.8. The number of nitrogens with zero attached hydrogens (tertiary/aromatic N) is 5. The largest absolute Gasteiger partial charge is 0.340 e. The summed E-state index contributed by atoms with van der Waals surface area (Å²) in [6.45, 7) is 3.39. The second-order valence-electron chi connectivity index (χ2n) is 6.88. The fourth-order valence-electron chi connectivity index (χ4n) is 3.94. The van der Waals surface area contributed by atoms with E-state index in [2.05, 4.69) is 15.4 Å². The fraction of sp³-hybridized carbons (Fsp3) is 0.529. The lowest BCUT2D eigenvalue weighted by atomic mass is 9.98. The number of fused-ring (bicyclic) bond motifs is 1. The first kappa shape index (κ1) is 17.8. The molecule has 0 spiro atoms. The number of carbonyl (C=O) groups is 1. The van der Waals surface area contributed by atoms with E-state index in [1.807, 2.05) is 42.2 Å². The highest BCUT2D eigenvalue weighted by atomic mass is 35.5. The molecule has 1 amide bonds. The molecule has 4 unspecified atom stereocenters. The molecule has 7 nitrogen and oxygen atoms in total. The topological polar surface area (TPSA) is 89.9 Å². The first-order valence-electron chi connectivity index (χ1n) is 8.53. The highest BCUT2D eigenvalue weighted by Gasteiger charge is 2.43. The molecule has 1 aromatic carbocycles. The number of rotatable bonds is 3. The van der Waals surface area contributed by atoms with Crippen LogP contribution in [-0.2, 0) is 4.79 Å². The SMILES string of the molecule is CC(C(=O)N1CC2CCC(N)C2C1)n1nnc(-c2ccccc2)n1.Cl. The third-order valence-electron chi connectivity index (χ3n) is 5.39. The van der Waals surface area contributed by atoms with Gasteiger partial charge in [0, 0.05) is 24.7 Å². The van der Waals surface area contributed by atoms with E-state index in [0.717, 1.165) is 31.5 Å². The van der Waals surface area contributed by atoms with Crippen molar-refractivity contribution in [3.8, 4) is 11.4 Å². The molecular formula is C17H23ClN6O. The van der Waals surface area contributed by atoms with Gasteiger partial charge in [0.25, 0.3) is 0 Å². The number of nitrogens with two attached hydrogens (primary N) is 1. The summed E-state index contributed by atoms with van der Waals surface area (Å²) in [5.41, 5.74) is 7.05. The Hall–Kier alpha value is -1.99. The Morgan fingerprint density at radius 3 is 2.72 bits per heavy atom. The van der Waals surface area contributed by atoms with E-state index in [0.29, 0.717) is 17.7 Å². The summed E-state index contributed by atoms with van der Waals surface area (Å²) < 4.78 is 0. The summed E-state index contributed by atoms with van der Waals surface area (Å²) in [6, 6.07) is 9.43. The first-order valence-corrected chi connectivity index (χ1v) is 8.53. The summed E-state index contributed by atoms with van der Waals surface area (Å²) >= 11 is 0. The highest BCUT2D eigenvalue weighted by molar-refractivity contribution is 5.85. The zero-order valence-electron chi connectivity index (χ0n) is 14.2. The van der Waals surface area contributed by atoms with Gasteiger partial charge in [-0.15, -0.1) is 22.6 Å². The van der Waals surface area contributed by atoms with Crippen molar-refractivity contribution < 1.29 is 4.79 Å². The van der Waals surface area contributed by atoms with Crippen molar-refractivity contribution in [3.05, 3.63) is 30.3 Å². The van der Waals surface area contributed by atoms with Crippen LogP contribution in [0.3, 0.4) is 0 Å². The van der Waals surface area contributed by atoms with Gasteiger partial charge in [-0.2, -0.15) is 4.80 Å². The van der Waals surface area contributed by atoms with Crippen LogP contribution in [0, 0.1) is 11.8 Å². The van der Waals surface area contributed by atoms with E-state index >= 15 is 0 Å². The lowest BCUT2D eigenvalue weighted by Crippen LogP contribution is -2.37. The van der Waals surface area contributed by atoms with Gasteiger partial charge in [-0.05, 0) is 36.8 Å². The average Bonchev–Trinajstić information content (AvgIpc) is 3.32. The minimum atomic E-state index is -0.454. The van der Waals surface area contributed by atoms with Gasteiger partial charge in [0.1, 0.15) is 6.04 Å². The van der Waals surface area contributed by atoms with Gasteiger partial charge < -0.3 is 10.6 Å². The minimum Gasteiger partial charge on any atom is -0.340 e. The number of benzene rings is 1. The van der Waals surface area contributed by atoms with E-state index in [9.17, 15) is 4.79 Å². The van der Waals surface area contributed by atoms with Crippen LogP contribution in [0.5, 0.6) is 0 Å². The van der Waals surface area contributed by atoms with Crippen LogP contribution in [0.2, 0.25) is 0 Å². The number of likely N-dealkylation sites (tertiary alicyclic amines) is 1. The number of tetrazole rings is 1. The highest BCUT2D eigenvalue weighted by Crippen LogP contribution is 2.37. The lowest BCUT2D eigenvalue weighted by molar-refractivity contribution is -0.134. The first-order chi connectivity index (χ1) is 11.6. The summed E-state index contributed by atoms with van der Waals surface area (Å²) in [5, 5.41) is 12.5. The molecule has 2 aromatic rings. The van der Waals surface area contributed by atoms with Crippen LogP contribution in [0.15, 0.2) is 30.3 Å². The quantitative estimate of drug-likeness (QED) is 0.894. The van der Waals surface area contributed by atoms with Crippen molar-refractivity contribution in [3.63, 3.8) is 0 Å². The molecule has 1 saturated carbocycles. The number of aromatic nitrogens is 4. The second-order valence-corrected chi connectivity index (χ2v) is 6.88. The van der Waals surface area contributed by atoms with Crippen molar-refractivity contribution in [1.82, 2.24) is 25.1 Å². The molecule has 134 valence electrons. The maximum absolute atomic E-state index is 12.8. The Morgan fingerprint density at radius 1 is 1.24 bits per heavy atom. The Labute approximate surface area is 153 Å². The smallest absolute Gasteiger partial charge is 0.249 e. The molecule has 2 heterocycles. The summed E-state index contributed by atoms with van der Waals surface area (Å²) in [4.78, 5) is 16.1. The van der Waals surface area contributed by atoms with E-state index < -0.39 is 6.04 Å². The molecule has 1 saturated heterocycles. The van der Waals surface area contributed by atoms with E-state index in [-0.39, 0.29) is 24.4 Å². The van der Waals surface area contributed by atoms with Gasteiger partial charge in [-0.3, -0.25) is 4.79 Å². The van der Waals surface area contributed by atoms with Crippen molar-refractivity contribution in [2.24, 2.45) is 17.6 Å². The summed E-state index contributed by atoms with van der Waals surface area (Å²) in [6.07, 6.45) is 2.21. The van der Waals surface area contributed by atoms with E-state index in [1.165, 1.54) is 4.80 Å². The van der Waals surface area contributed by atoms with Crippen molar-refractivity contribution >= 4 is 18.3 Å². The third-order valence-corrected chi connectivity index (χ3v) is 5.39. The maximum Gasteiger partial charge on any atom is 0.249 e. The van der Waals surface area contributed by atoms with Gasteiger partial charge in [0.05, 0.1) is 0 Å². The molecular weight excluding hydrogens is 340 g/mol. The molecule has 4 atom stereocenters. The molecule has 1 aromatic heterocycles. The molecule has 8 heteroatoms. The van der Waals surface area contributed by atoms with Gasteiger partial charge in [0.2, 0.25) is 11.7 Å².